The molecule has 2 heterocycles. The van der Waals surface area contributed by atoms with Crippen LogP contribution in [0, 0.1) is 5.41 Å². The van der Waals surface area contributed by atoms with Gasteiger partial charge in [-0.2, -0.15) is 9.71 Å². The Morgan fingerprint density at radius 2 is 2.36 bits per heavy atom. The second-order valence-electron chi connectivity index (χ2n) is 2.79. The number of hydrogen-bond acceptors (Lipinski definition) is 4. The number of aromatic amines is 1. The van der Waals surface area contributed by atoms with Crippen LogP contribution in [0.25, 0.3) is 11.3 Å². The van der Waals surface area contributed by atoms with Gasteiger partial charge in [-0.1, -0.05) is 0 Å². The van der Waals surface area contributed by atoms with Gasteiger partial charge in [0.2, 0.25) is 0 Å². The molecule has 0 atom stereocenters. The summed E-state index contributed by atoms with van der Waals surface area (Å²) in [6, 6.07) is 3.61. The lowest BCUT2D eigenvalue weighted by atomic mass is 10.2. The number of nitrogen functional groups attached to an aromatic ring is 1. The van der Waals surface area contributed by atoms with Gasteiger partial charge in [-0.05, 0) is 12.1 Å². The van der Waals surface area contributed by atoms with Gasteiger partial charge in [0.25, 0.3) is 5.62 Å². The average Bonchev–Trinajstić information content (AvgIpc) is 2.64. The molecule has 0 aliphatic carbocycles. The predicted molar refractivity (Wildman–Crippen MR) is 49.5 cm³/mol. The third-order valence-corrected chi connectivity index (χ3v) is 1.86. The highest BCUT2D eigenvalue weighted by atomic mass is 16.5. The van der Waals surface area contributed by atoms with Gasteiger partial charge >= 0.3 is 0 Å². The molecular formula is C8H9N5O. The van der Waals surface area contributed by atoms with Gasteiger partial charge in [0.15, 0.2) is 0 Å². The molecule has 0 fully saturated rings. The van der Waals surface area contributed by atoms with Gasteiger partial charge in [-0.15, -0.1) is 0 Å². The number of hydrogen-bond donors (Lipinski definition) is 4. The molecule has 2 rings (SSSR count). The normalized spacial score (nSPS) is 10.3. The molecule has 72 valence electrons. The minimum atomic E-state index is -0.294. The number of rotatable bonds is 1. The van der Waals surface area contributed by atoms with E-state index in [4.69, 9.17) is 11.1 Å². The van der Waals surface area contributed by atoms with E-state index in [1.165, 1.54) is 6.20 Å². The Bertz CT molecular complexity index is 499. The Kier molecular flexibility index (Phi) is 1.74. The van der Waals surface area contributed by atoms with Crippen LogP contribution in [0.2, 0.25) is 0 Å². The third-order valence-electron chi connectivity index (χ3n) is 1.86. The van der Waals surface area contributed by atoms with Crippen molar-refractivity contribution < 1.29 is 5.21 Å². The molecule has 5 N–H and O–H groups in total. The maximum Gasteiger partial charge on any atom is 0.257 e. The van der Waals surface area contributed by atoms with Gasteiger partial charge in [0.05, 0.1) is 17.5 Å². The van der Waals surface area contributed by atoms with Crippen molar-refractivity contribution in [1.82, 2.24) is 14.7 Å². The Balaban J connectivity index is 2.66. The number of nitrogens with one attached hydrogen (secondary N) is 2. The molecule has 14 heavy (non-hydrogen) atoms. The van der Waals surface area contributed by atoms with Crippen LogP contribution in [0.15, 0.2) is 24.5 Å². The zero-order valence-corrected chi connectivity index (χ0v) is 7.23. The molecule has 2 aromatic rings. The average molecular weight is 191 g/mol. The fourth-order valence-electron chi connectivity index (χ4n) is 1.18. The molecular weight excluding hydrogens is 182 g/mol. The van der Waals surface area contributed by atoms with Gasteiger partial charge in [-0.3, -0.25) is 5.41 Å². The van der Waals surface area contributed by atoms with E-state index in [-0.39, 0.29) is 11.4 Å². The highest BCUT2D eigenvalue weighted by Gasteiger charge is 2.06. The molecule has 0 aromatic carbocycles. The second-order valence-corrected chi connectivity index (χ2v) is 2.79. The summed E-state index contributed by atoms with van der Waals surface area (Å²) in [4.78, 5) is 6.60. The van der Waals surface area contributed by atoms with Crippen LogP contribution in [0.5, 0.6) is 0 Å². The standard InChI is InChI=1S/C8H9N5O/c9-7-5(6-2-1-3-11-6)4-13(14)8(10)12-7/h1-4,11,14H,(H3,9,10,12). The van der Waals surface area contributed by atoms with E-state index in [0.29, 0.717) is 10.3 Å². The van der Waals surface area contributed by atoms with Crippen molar-refractivity contribution in [3.05, 3.63) is 30.1 Å². The topological polar surface area (TPSA) is 104 Å². The van der Waals surface area contributed by atoms with Crippen molar-refractivity contribution in [3.63, 3.8) is 0 Å². The molecule has 0 spiro atoms. The van der Waals surface area contributed by atoms with Crippen LogP contribution >= 0.6 is 0 Å². The van der Waals surface area contributed by atoms with Gasteiger partial charge < -0.3 is 15.9 Å². The summed E-state index contributed by atoms with van der Waals surface area (Å²) in [7, 11) is 0. The monoisotopic (exact) mass is 191 g/mol. The quantitative estimate of drug-likeness (QED) is 0.483. The van der Waals surface area contributed by atoms with Gasteiger partial charge in [0, 0.05) is 6.20 Å². The summed E-state index contributed by atoms with van der Waals surface area (Å²) in [5.74, 6) is 0.211. The molecule has 0 aliphatic rings. The molecule has 0 aliphatic heterocycles. The van der Waals surface area contributed by atoms with Crippen LogP contribution in [0.1, 0.15) is 0 Å². The van der Waals surface area contributed by atoms with E-state index in [0.717, 1.165) is 5.69 Å². The minimum absolute atomic E-state index is 0.211. The van der Waals surface area contributed by atoms with E-state index in [2.05, 4.69) is 9.97 Å². The van der Waals surface area contributed by atoms with Crippen LogP contribution < -0.4 is 11.4 Å². The Hall–Kier alpha value is -2.24. The number of aromatic nitrogens is 3. The Morgan fingerprint density at radius 1 is 1.57 bits per heavy atom. The molecule has 0 radical (unpaired) electrons. The second kappa shape index (κ2) is 2.91. The van der Waals surface area contributed by atoms with Gasteiger partial charge in [-0.25, -0.2) is 0 Å². The fourth-order valence-corrected chi connectivity index (χ4v) is 1.18. The number of anilines is 1. The van der Waals surface area contributed by atoms with E-state index < -0.39 is 0 Å². The number of nitrogens with two attached hydrogens (primary N) is 1. The highest BCUT2D eigenvalue weighted by molar-refractivity contribution is 5.69. The lowest BCUT2D eigenvalue weighted by Gasteiger charge is -2.04. The minimum Gasteiger partial charge on any atom is -0.425 e. The largest absolute Gasteiger partial charge is 0.425 e. The van der Waals surface area contributed by atoms with Crippen LogP contribution in [0.4, 0.5) is 5.82 Å². The lowest BCUT2D eigenvalue weighted by molar-refractivity contribution is 0.166. The molecule has 6 heteroatoms. The molecule has 0 unspecified atom stereocenters. The Labute approximate surface area is 79.1 Å². The lowest BCUT2D eigenvalue weighted by Crippen LogP contribution is -2.22. The van der Waals surface area contributed by atoms with Crippen molar-refractivity contribution in [2.75, 3.05) is 5.73 Å². The first-order valence-electron chi connectivity index (χ1n) is 3.95. The van der Waals surface area contributed by atoms with Crippen molar-refractivity contribution in [2.45, 2.75) is 0 Å². The Morgan fingerprint density at radius 3 is 3.00 bits per heavy atom. The molecule has 2 aromatic heterocycles. The van der Waals surface area contributed by atoms with Crippen molar-refractivity contribution in [3.8, 4) is 11.3 Å². The van der Waals surface area contributed by atoms with Crippen molar-refractivity contribution in [2.24, 2.45) is 0 Å². The highest BCUT2D eigenvalue weighted by Crippen LogP contribution is 2.19. The van der Waals surface area contributed by atoms with E-state index in [9.17, 15) is 5.21 Å². The van der Waals surface area contributed by atoms with Crippen molar-refractivity contribution >= 4 is 5.82 Å². The fraction of sp³-hybridized carbons (Fsp3) is 0. The molecule has 6 nitrogen and oxygen atoms in total. The number of nitrogens with zero attached hydrogens (tertiary/aromatic N) is 2. The summed E-state index contributed by atoms with van der Waals surface area (Å²) in [6.45, 7) is 0. The summed E-state index contributed by atoms with van der Waals surface area (Å²) in [6.07, 6.45) is 3.08. The van der Waals surface area contributed by atoms with E-state index in [1.54, 1.807) is 12.3 Å². The summed E-state index contributed by atoms with van der Waals surface area (Å²) >= 11 is 0. The van der Waals surface area contributed by atoms with Crippen molar-refractivity contribution in [1.29, 1.82) is 5.41 Å². The number of H-pyrrole nitrogens is 1. The maximum atomic E-state index is 9.22. The molecule has 0 saturated carbocycles. The van der Waals surface area contributed by atoms with Gasteiger partial charge in [0.1, 0.15) is 5.82 Å². The first kappa shape index (κ1) is 8.36. The van der Waals surface area contributed by atoms with Crippen LogP contribution in [-0.2, 0) is 0 Å². The van der Waals surface area contributed by atoms with Crippen LogP contribution in [-0.4, -0.2) is 19.9 Å². The SMILES string of the molecule is N=c1nc(N)c(-c2ccc[nH]2)cn1O. The first-order chi connectivity index (χ1) is 6.68. The molecule has 0 saturated heterocycles. The van der Waals surface area contributed by atoms with E-state index >= 15 is 0 Å². The summed E-state index contributed by atoms with van der Waals surface area (Å²) in [5, 5.41) is 16.4. The zero-order chi connectivity index (χ0) is 10.1. The smallest absolute Gasteiger partial charge is 0.257 e. The van der Waals surface area contributed by atoms with Crippen LogP contribution in [0.3, 0.4) is 0 Å². The summed E-state index contributed by atoms with van der Waals surface area (Å²) < 4.78 is 0.618. The first-order valence-corrected chi connectivity index (χ1v) is 3.95. The predicted octanol–water partition coefficient (Wildman–Crippen LogP) is 0.177. The molecule has 0 amide bonds. The summed E-state index contributed by atoms with van der Waals surface area (Å²) in [5.41, 5.74) is 6.62. The van der Waals surface area contributed by atoms with E-state index in [1.807, 2.05) is 6.07 Å². The maximum absolute atomic E-state index is 9.22. The third kappa shape index (κ3) is 1.22. The molecule has 0 bridgehead atoms. The zero-order valence-electron chi connectivity index (χ0n) is 7.23.